The van der Waals surface area contributed by atoms with Gasteiger partial charge in [0, 0.05) is 17.6 Å². The maximum absolute atomic E-state index is 13.6. The molecule has 2 heterocycles. The van der Waals surface area contributed by atoms with Crippen LogP contribution >= 0.6 is 11.6 Å². The predicted octanol–water partition coefficient (Wildman–Crippen LogP) is 6.42. The van der Waals surface area contributed by atoms with Crippen LogP contribution < -0.4 is 10.1 Å². The summed E-state index contributed by atoms with van der Waals surface area (Å²) in [6.45, 7) is 0.384. The highest BCUT2D eigenvalue weighted by atomic mass is 35.5. The van der Waals surface area contributed by atoms with Crippen LogP contribution in [0.4, 0.5) is 14.9 Å². The number of methoxy groups -OCH3 is 1. The van der Waals surface area contributed by atoms with E-state index in [0.29, 0.717) is 12.2 Å². The fourth-order valence-corrected chi connectivity index (χ4v) is 4.43. The van der Waals surface area contributed by atoms with Gasteiger partial charge in [0.1, 0.15) is 11.6 Å². The first kappa shape index (κ1) is 21.1. The fraction of sp³-hybridized carbons (Fsp3) is 0.115. The molecule has 0 spiro atoms. The molecule has 1 unspecified atom stereocenters. The first-order chi connectivity index (χ1) is 16.0. The van der Waals surface area contributed by atoms with Gasteiger partial charge in [-0.2, -0.15) is 0 Å². The number of amides is 2. The molecule has 0 fully saturated rings. The summed E-state index contributed by atoms with van der Waals surface area (Å²) in [6, 6.07) is 23.2. The number of fused-ring (bicyclic) bond motifs is 3. The van der Waals surface area contributed by atoms with Gasteiger partial charge in [-0.25, -0.2) is 9.18 Å². The number of nitrogens with zero attached hydrogens (tertiary/aromatic N) is 2. The van der Waals surface area contributed by atoms with Gasteiger partial charge in [0.05, 0.1) is 30.4 Å². The highest BCUT2D eigenvalue weighted by Crippen LogP contribution is 2.37. The van der Waals surface area contributed by atoms with E-state index in [9.17, 15) is 9.18 Å². The van der Waals surface area contributed by atoms with Crippen LogP contribution in [-0.4, -0.2) is 22.6 Å². The van der Waals surface area contributed by atoms with Crippen LogP contribution in [0.25, 0.3) is 5.69 Å². The monoisotopic (exact) mass is 461 g/mol. The maximum atomic E-state index is 13.6. The minimum absolute atomic E-state index is 0.0467. The molecule has 0 aliphatic carbocycles. The summed E-state index contributed by atoms with van der Waals surface area (Å²) in [4.78, 5) is 15.4. The van der Waals surface area contributed by atoms with E-state index >= 15 is 0 Å². The van der Waals surface area contributed by atoms with Crippen molar-refractivity contribution in [3.8, 4) is 11.4 Å². The number of rotatable bonds is 3. The topological polar surface area (TPSA) is 46.5 Å². The lowest BCUT2D eigenvalue weighted by Crippen LogP contribution is -2.37. The number of carbonyl (C=O) groups is 1. The number of urea groups is 1. The van der Waals surface area contributed by atoms with Gasteiger partial charge in [0.25, 0.3) is 0 Å². The van der Waals surface area contributed by atoms with Crippen LogP contribution in [0.15, 0.2) is 85.1 Å². The third-order valence-corrected chi connectivity index (χ3v) is 6.12. The lowest BCUT2D eigenvalue weighted by Gasteiger charge is -2.31. The van der Waals surface area contributed by atoms with Crippen molar-refractivity contribution >= 4 is 23.3 Å². The van der Waals surface area contributed by atoms with Crippen molar-refractivity contribution < 1.29 is 13.9 Å². The van der Waals surface area contributed by atoms with Gasteiger partial charge in [0.2, 0.25) is 0 Å². The SMILES string of the molecule is COc1ccc(C2c3cccn3-c3ccccc3CN2C(=O)Nc2ccc(F)c(Cl)c2)cc1. The number of ether oxygens (including phenoxy) is 1. The number of anilines is 1. The van der Waals surface area contributed by atoms with E-state index in [-0.39, 0.29) is 17.1 Å². The summed E-state index contributed by atoms with van der Waals surface area (Å²) in [5, 5.41) is 2.84. The normalized spacial score (nSPS) is 14.8. The van der Waals surface area contributed by atoms with Crippen molar-refractivity contribution in [1.82, 2.24) is 9.47 Å². The number of benzene rings is 3. The molecule has 4 aromatic rings. The Hall–Kier alpha value is -3.77. The van der Waals surface area contributed by atoms with Gasteiger partial charge in [0.15, 0.2) is 0 Å². The van der Waals surface area contributed by atoms with E-state index in [0.717, 1.165) is 28.3 Å². The van der Waals surface area contributed by atoms with Crippen LogP contribution in [0.5, 0.6) is 5.75 Å². The molecule has 1 aliphatic rings. The second-order valence-electron chi connectivity index (χ2n) is 7.79. The Balaban J connectivity index is 1.61. The highest BCUT2D eigenvalue weighted by Gasteiger charge is 2.33. The van der Waals surface area contributed by atoms with Crippen LogP contribution in [0.2, 0.25) is 5.02 Å². The van der Waals surface area contributed by atoms with Gasteiger partial charge in [-0.05, 0) is 59.7 Å². The lowest BCUT2D eigenvalue weighted by atomic mass is 10.0. The Kier molecular flexibility index (Phi) is 5.52. The second kappa shape index (κ2) is 8.64. The Morgan fingerprint density at radius 1 is 1.06 bits per heavy atom. The Labute approximate surface area is 196 Å². The largest absolute Gasteiger partial charge is 0.497 e. The molecule has 0 saturated heterocycles. The Bertz CT molecular complexity index is 1320. The van der Waals surface area contributed by atoms with Crippen molar-refractivity contribution in [2.75, 3.05) is 12.4 Å². The summed E-state index contributed by atoms with van der Waals surface area (Å²) < 4.78 is 21.1. The molecule has 0 saturated carbocycles. The molecule has 2 amide bonds. The second-order valence-corrected chi connectivity index (χ2v) is 8.20. The van der Waals surface area contributed by atoms with Gasteiger partial charge in [-0.3, -0.25) is 0 Å². The van der Waals surface area contributed by atoms with Crippen molar-refractivity contribution in [3.05, 3.63) is 113 Å². The third kappa shape index (κ3) is 3.94. The molecule has 33 heavy (non-hydrogen) atoms. The van der Waals surface area contributed by atoms with E-state index in [1.165, 1.54) is 18.2 Å². The number of para-hydroxylation sites is 1. The first-order valence-electron chi connectivity index (χ1n) is 10.5. The smallest absolute Gasteiger partial charge is 0.322 e. The highest BCUT2D eigenvalue weighted by molar-refractivity contribution is 6.31. The van der Waals surface area contributed by atoms with Crippen molar-refractivity contribution in [2.45, 2.75) is 12.6 Å². The average molecular weight is 462 g/mol. The number of hydrogen-bond donors (Lipinski definition) is 1. The van der Waals surface area contributed by atoms with Crippen LogP contribution in [-0.2, 0) is 6.54 Å². The number of halogens is 2. The summed E-state index contributed by atoms with van der Waals surface area (Å²) >= 11 is 5.93. The Morgan fingerprint density at radius 2 is 1.85 bits per heavy atom. The molecule has 1 N–H and O–H groups in total. The van der Waals surface area contributed by atoms with E-state index < -0.39 is 5.82 Å². The summed E-state index contributed by atoms with van der Waals surface area (Å²) in [6.07, 6.45) is 2.01. The molecule has 0 bridgehead atoms. The molecule has 166 valence electrons. The van der Waals surface area contributed by atoms with Gasteiger partial charge < -0.3 is 19.5 Å². The number of nitrogens with one attached hydrogen (secondary N) is 1. The van der Waals surface area contributed by atoms with Crippen molar-refractivity contribution in [3.63, 3.8) is 0 Å². The van der Waals surface area contributed by atoms with Crippen LogP contribution in [0.1, 0.15) is 22.9 Å². The van der Waals surface area contributed by atoms with Gasteiger partial charge in [-0.1, -0.05) is 41.9 Å². The molecule has 7 heteroatoms. The molecular weight excluding hydrogens is 441 g/mol. The molecular formula is C26H21ClFN3O2. The van der Waals surface area contributed by atoms with Crippen molar-refractivity contribution in [1.29, 1.82) is 0 Å². The zero-order valence-electron chi connectivity index (χ0n) is 17.8. The van der Waals surface area contributed by atoms with E-state index in [2.05, 4.69) is 9.88 Å². The molecule has 1 aliphatic heterocycles. The fourth-order valence-electron chi connectivity index (χ4n) is 4.25. The van der Waals surface area contributed by atoms with Crippen LogP contribution in [0, 0.1) is 5.82 Å². The van der Waals surface area contributed by atoms with Gasteiger partial charge in [-0.15, -0.1) is 0 Å². The molecule has 0 radical (unpaired) electrons. The summed E-state index contributed by atoms with van der Waals surface area (Å²) in [5.74, 6) is 0.204. The number of aromatic nitrogens is 1. The third-order valence-electron chi connectivity index (χ3n) is 5.83. The molecule has 5 nitrogen and oxygen atoms in total. The first-order valence-corrected chi connectivity index (χ1v) is 10.8. The maximum Gasteiger partial charge on any atom is 0.322 e. The van der Waals surface area contributed by atoms with Gasteiger partial charge >= 0.3 is 6.03 Å². The van der Waals surface area contributed by atoms with E-state index in [1.54, 1.807) is 12.0 Å². The molecule has 1 atom stereocenters. The summed E-state index contributed by atoms with van der Waals surface area (Å²) in [5.41, 5.74) is 4.36. The van der Waals surface area contributed by atoms with E-state index in [4.69, 9.17) is 16.3 Å². The predicted molar refractivity (Wildman–Crippen MR) is 127 cm³/mol. The van der Waals surface area contributed by atoms with Crippen molar-refractivity contribution in [2.24, 2.45) is 0 Å². The molecule has 5 rings (SSSR count). The van der Waals surface area contributed by atoms with E-state index in [1.807, 2.05) is 66.9 Å². The quantitative estimate of drug-likeness (QED) is 0.383. The standard InChI is InChI=1S/C26H21ClFN3O2/c1-33-20-11-8-17(9-12-20)25-24-7-4-14-30(24)23-6-3-2-5-18(23)16-31(25)26(32)29-19-10-13-22(28)21(27)15-19/h2-15,25H,16H2,1H3,(H,29,32). The minimum atomic E-state index is -0.535. The summed E-state index contributed by atoms with van der Waals surface area (Å²) in [7, 11) is 1.62. The average Bonchev–Trinajstić information content (AvgIpc) is 3.26. The zero-order valence-corrected chi connectivity index (χ0v) is 18.6. The lowest BCUT2D eigenvalue weighted by molar-refractivity contribution is 0.194. The number of hydrogen-bond acceptors (Lipinski definition) is 2. The minimum Gasteiger partial charge on any atom is -0.497 e. The molecule has 1 aromatic heterocycles. The van der Waals surface area contributed by atoms with Crippen LogP contribution in [0.3, 0.4) is 0 Å². The molecule has 3 aromatic carbocycles. The number of carbonyl (C=O) groups excluding carboxylic acids is 1. The zero-order chi connectivity index (χ0) is 22.9. The Morgan fingerprint density at radius 3 is 2.61 bits per heavy atom.